The number of fused-ring (bicyclic) bond motifs is 2. The molecule has 4 atom stereocenters. The van der Waals surface area contributed by atoms with Crippen LogP contribution in [0.25, 0.3) is 0 Å². The third kappa shape index (κ3) is 4.19. The van der Waals surface area contributed by atoms with E-state index in [1.807, 2.05) is 0 Å². The topological polar surface area (TPSA) is 99.5 Å². The summed E-state index contributed by atoms with van der Waals surface area (Å²) in [5, 5.41) is 30.2. The maximum absolute atomic E-state index is 12.6. The van der Waals surface area contributed by atoms with Crippen molar-refractivity contribution in [2.75, 3.05) is 0 Å². The first kappa shape index (κ1) is 18.3. The molecule has 1 aromatic rings. The number of phenolic OH excluding ortho intramolecular Hbond substituents is 2. The minimum absolute atomic E-state index is 0.0471. The summed E-state index contributed by atoms with van der Waals surface area (Å²) in [5.74, 6) is -1.46. The van der Waals surface area contributed by atoms with Crippen LogP contribution in [0.2, 0.25) is 5.02 Å². The summed E-state index contributed by atoms with van der Waals surface area (Å²) >= 11 is 6.13. The summed E-state index contributed by atoms with van der Waals surface area (Å²) < 4.78 is 11.0. The van der Waals surface area contributed by atoms with Crippen LogP contribution in [-0.4, -0.2) is 45.7 Å². The van der Waals surface area contributed by atoms with Crippen molar-refractivity contribution in [3.63, 3.8) is 0 Å². The van der Waals surface area contributed by atoms with E-state index in [-0.39, 0.29) is 46.6 Å². The van der Waals surface area contributed by atoms with Gasteiger partial charge in [0.1, 0.15) is 23.2 Å². The fraction of sp³-hybridized carbons (Fsp3) is 0.611. The molecule has 0 saturated carbocycles. The van der Waals surface area contributed by atoms with Crippen molar-refractivity contribution >= 4 is 17.6 Å². The number of cyclic esters (lactones) is 1. The summed E-state index contributed by atoms with van der Waals surface area (Å²) in [5.41, 5.74) is 0.112. The predicted molar refractivity (Wildman–Crippen MR) is 91.1 cm³/mol. The molecule has 2 aliphatic heterocycles. The van der Waals surface area contributed by atoms with E-state index in [0.717, 1.165) is 25.3 Å². The van der Waals surface area contributed by atoms with Crippen LogP contribution in [0.5, 0.6) is 11.5 Å². The molecule has 25 heavy (non-hydrogen) atoms. The molecule has 1 aromatic carbocycles. The van der Waals surface area contributed by atoms with Gasteiger partial charge in [0.15, 0.2) is 0 Å². The number of aliphatic hydroxyl groups is 1. The number of hydrogen-bond acceptors (Lipinski definition) is 6. The van der Waals surface area contributed by atoms with Gasteiger partial charge in [0, 0.05) is 18.9 Å². The molecule has 0 spiro atoms. The van der Waals surface area contributed by atoms with Gasteiger partial charge in [-0.2, -0.15) is 0 Å². The zero-order chi connectivity index (χ0) is 18.1. The van der Waals surface area contributed by atoms with Crippen molar-refractivity contribution < 1.29 is 29.6 Å². The first-order valence-corrected chi connectivity index (χ1v) is 9.02. The molecule has 0 amide bonds. The SMILES string of the molecule is C[C@@H]1C[C@H]2O[C@H]2CCCC[C@@H](O)Cc2c(Cl)c(O)cc(O)c2C(=O)O1. The monoisotopic (exact) mass is 370 g/mol. The number of halogens is 1. The number of epoxide rings is 1. The van der Waals surface area contributed by atoms with Crippen LogP contribution in [0, 0.1) is 0 Å². The molecule has 2 aliphatic rings. The lowest BCUT2D eigenvalue weighted by atomic mass is 9.96. The summed E-state index contributed by atoms with van der Waals surface area (Å²) in [6.45, 7) is 1.77. The van der Waals surface area contributed by atoms with Crippen LogP contribution in [0.4, 0.5) is 0 Å². The number of rotatable bonds is 0. The molecule has 1 saturated heterocycles. The Hall–Kier alpha value is -1.50. The molecule has 0 bridgehead atoms. The molecule has 3 rings (SSSR count). The van der Waals surface area contributed by atoms with Gasteiger partial charge in [0.25, 0.3) is 0 Å². The molecule has 2 heterocycles. The van der Waals surface area contributed by atoms with Crippen LogP contribution in [0.1, 0.15) is 54.9 Å². The second-order valence-corrected chi connectivity index (χ2v) is 7.27. The fourth-order valence-corrected chi connectivity index (χ4v) is 3.65. The third-order valence-electron chi connectivity index (χ3n) is 4.80. The van der Waals surface area contributed by atoms with Gasteiger partial charge in [0.05, 0.1) is 23.3 Å². The van der Waals surface area contributed by atoms with Crippen molar-refractivity contribution in [1.82, 2.24) is 0 Å². The number of ether oxygens (including phenoxy) is 2. The fourth-order valence-electron chi connectivity index (χ4n) is 3.42. The highest BCUT2D eigenvalue weighted by molar-refractivity contribution is 6.33. The molecule has 0 aliphatic carbocycles. The molecule has 6 nitrogen and oxygen atoms in total. The minimum atomic E-state index is -0.735. The number of aromatic hydroxyl groups is 2. The molecular weight excluding hydrogens is 348 g/mol. The number of hydrogen-bond donors (Lipinski definition) is 3. The zero-order valence-electron chi connectivity index (χ0n) is 14.1. The lowest BCUT2D eigenvalue weighted by Gasteiger charge is -2.19. The Morgan fingerprint density at radius 3 is 2.64 bits per heavy atom. The predicted octanol–water partition coefficient (Wildman–Crippen LogP) is 2.93. The van der Waals surface area contributed by atoms with E-state index < -0.39 is 17.8 Å². The van der Waals surface area contributed by atoms with E-state index in [0.29, 0.717) is 12.8 Å². The van der Waals surface area contributed by atoms with E-state index >= 15 is 0 Å². The van der Waals surface area contributed by atoms with E-state index in [4.69, 9.17) is 21.1 Å². The second-order valence-electron chi connectivity index (χ2n) is 6.89. The van der Waals surface area contributed by atoms with Gasteiger partial charge in [-0.05, 0) is 25.3 Å². The third-order valence-corrected chi connectivity index (χ3v) is 5.22. The largest absolute Gasteiger partial charge is 0.507 e. The number of esters is 1. The first-order valence-electron chi connectivity index (χ1n) is 8.64. The summed E-state index contributed by atoms with van der Waals surface area (Å²) in [6.07, 6.45) is 3.07. The maximum atomic E-state index is 12.6. The highest BCUT2D eigenvalue weighted by Gasteiger charge is 2.40. The maximum Gasteiger partial charge on any atom is 0.342 e. The van der Waals surface area contributed by atoms with Crippen molar-refractivity contribution in [2.24, 2.45) is 0 Å². The number of aliphatic hydroxyl groups excluding tert-OH is 1. The molecule has 3 N–H and O–H groups in total. The first-order chi connectivity index (χ1) is 11.9. The molecule has 0 radical (unpaired) electrons. The highest BCUT2D eigenvalue weighted by atomic mass is 35.5. The van der Waals surface area contributed by atoms with E-state index in [1.165, 1.54) is 0 Å². The van der Waals surface area contributed by atoms with Crippen molar-refractivity contribution in [3.05, 3.63) is 22.2 Å². The molecule has 0 unspecified atom stereocenters. The quantitative estimate of drug-likeness (QED) is 0.479. The second kappa shape index (κ2) is 7.40. The van der Waals surface area contributed by atoms with Crippen LogP contribution in [0.15, 0.2) is 6.07 Å². The number of phenols is 2. The molecule has 7 heteroatoms. The van der Waals surface area contributed by atoms with Gasteiger partial charge in [-0.3, -0.25) is 0 Å². The summed E-state index contributed by atoms with van der Waals surface area (Å²) in [7, 11) is 0. The Morgan fingerprint density at radius 2 is 1.88 bits per heavy atom. The van der Waals surface area contributed by atoms with Crippen LogP contribution >= 0.6 is 11.6 Å². The lowest BCUT2D eigenvalue weighted by Crippen LogP contribution is -2.21. The van der Waals surface area contributed by atoms with Crippen molar-refractivity contribution in [3.8, 4) is 11.5 Å². The van der Waals surface area contributed by atoms with Gasteiger partial charge in [0.2, 0.25) is 0 Å². The van der Waals surface area contributed by atoms with Crippen LogP contribution in [0.3, 0.4) is 0 Å². The molecule has 1 fully saturated rings. The number of benzene rings is 1. The molecule has 138 valence electrons. The minimum Gasteiger partial charge on any atom is -0.507 e. The summed E-state index contributed by atoms with van der Waals surface area (Å²) in [6, 6.07) is 1.02. The van der Waals surface area contributed by atoms with E-state index in [1.54, 1.807) is 6.92 Å². The molecule has 0 aromatic heterocycles. The van der Waals surface area contributed by atoms with Crippen LogP contribution in [-0.2, 0) is 15.9 Å². The molecular formula is C18H23ClO6. The number of carbonyl (C=O) groups is 1. The lowest BCUT2D eigenvalue weighted by molar-refractivity contribution is 0.0304. The Kier molecular flexibility index (Phi) is 5.41. The highest BCUT2D eigenvalue weighted by Crippen LogP contribution is 2.38. The Labute approximate surface area is 151 Å². The van der Waals surface area contributed by atoms with E-state index in [2.05, 4.69) is 0 Å². The normalized spacial score (nSPS) is 30.6. The zero-order valence-corrected chi connectivity index (χ0v) is 14.8. The average molecular weight is 371 g/mol. The van der Waals surface area contributed by atoms with Gasteiger partial charge in [-0.15, -0.1) is 0 Å². The Bertz CT molecular complexity index is 661. The standard InChI is InChI=1S/C18H23ClO6/c1-9-6-15-14(25-15)5-3-2-4-10(20)7-11-16(18(23)24-9)12(21)8-13(22)17(11)19/h8-10,14-15,20-22H,2-7H2,1H3/t9-,10-,14+,15-/m1/s1. The van der Waals surface area contributed by atoms with Gasteiger partial charge < -0.3 is 24.8 Å². The van der Waals surface area contributed by atoms with Crippen LogP contribution < -0.4 is 0 Å². The van der Waals surface area contributed by atoms with E-state index in [9.17, 15) is 20.1 Å². The Balaban J connectivity index is 1.92. The average Bonchev–Trinajstić information content (AvgIpc) is 3.25. The smallest absolute Gasteiger partial charge is 0.342 e. The van der Waals surface area contributed by atoms with Crippen molar-refractivity contribution in [1.29, 1.82) is 0 Å². The Morgan fingerprint density at radius 1 is 1.16 bits per heavy atom. The van der Waals surface area contributed by atoms with Gasteiger partial charge in [-0.25, -0.2) is 4.79 Å². The summed E-state index contributed by atoms with van der Waals surface area (Å²) in [4.78, 5) is 12.6. The van der Waals surface area contributed by atoms with Crippen molar-refractivity contribution in [2.45, 2.75) is 69.9 Å². The van der Waals surface area contributed by atoms with Gasteiger partial charge in [-0.1, -0.05) is 24.4 Å². The number of carbonyl (C=O) groups excluding carboxylic acids is 1. The van der Waals surface area contributed by atoms with Gasteiger partial charge >= 0.3 is 5.97 Å².